The molecule has 1 atom stereocenters. The molecular weight excluding hydrogens is 258 g/mol. The van der Waals surface area contributed by atoms with E-state index in [-0.39, 0.29) is 6.04 Å². The fourth-order valence-corrected chi connectivity index (χ4v) is 2.70. The van der Waals surface area contributed by atoms with Gasteiger partial charge in [0.05, 0.1) is 12.3 Å². The lowest BCUT2D eigenvalue weighted by molar-refractivity contribution is 0.523. The molecule has 0 saturated heterocycles. The van der Waals surface area contributed by atoms with Crippen LogP contribution in [0.15, 0.2) is 41.0 Å². The molecule has 1 heterocycles. The van der Waals surface area contributed by atoms with E-state index in [2.05, 4.69) is 56.4 Å². The first-order valence-corrected chi connectivity index (χ1v) is 7.97. The number of aryl methyl sites for hydroxylation is 1. The van der Waals surface area contributed by atoms with Crippen LogP contribution in [0.5, 0.6) is 0 Å². The third kappa shape index (κ3) is 4.47. The minimum atomic E-state index is 0.217. The highest BCUT2D eigenvalue weighted by Gasteiger charge is 2.16. The lowest BCUT2D eigenvalue weighted by Gasteiger charge is -2.19. The molecule has 1 aromatic heterocycles. The summed E-state index contributed by atoms with van der Waals surface area (Å²) in [5, 5.41) is 3.64. The summed E-state index contributed by atoms with van der Waals surface area (Å²) in [6, 6.07) is 11.3. The van der Waals surface area contributed by atoms with Crippen LogP contribution in [-0.2, 0) is 6.42 Å². The Morgan fingerprint density at radius 1 is 1.14 bits per heavy atom. The van der Waals surface area contributed by atoms with Crippen LogP contribution in [-0.4, -0.2) is 6.54 Å². The van der Waals surface area contributed by atoms with Gasteiger partial charge in [0.15, 0.2) is 0 Å². The van der Waals surface area contributed by atoms with E-state index in [9.17, 15) is 0 Å². The van der Waals surface area contributed by atoms with Gasteiger partial charge in [0.1, 0.15) is 5.76 Å². The Labute approximate surface area is 128 Å². The molecule has 0 aliphatic rings. The van der Waals surface area contributed by atoms with Crippen molar-refractivity contribution >= 4 is 0 Å². The molecule has 1 unspecified atom stereocenters. The van der Waals surface area contributed by atoms with Crippen LogP contribution >= 0.6 is 0 Å². The van der Waals surface area contributed by atoms with E-state index in [0.717, 1.165) is 25.1 Å². The maximum absolute atomic E-state index is 5.50. The summed E-state index contributed by atoms with van der Waals surface area (Å²) in [6.07, 6.45) is 4.12. The maximum atomic E-state index is 5.50. The van der Waals surface area contributed by atoms with Gasteiger partial charge in [-0.1, -0.05) is 45.0 Å². The Balaban J connectivity index is 2.27. The van der Waals surface area contributed by atoms with E-state index in [1.165, 1.54) is 16.7 Å². The molecule has 0 aliphatic heterocycles. The van der Waals surface area contributed by atoms with Crippen LogP contribution in [0.25, 0.3) is 0 Å². The molecule has 0 amide bonds. The van der Waals surface area contributed by atoms with Crippen LogP contribution in [0.4, 0.5) is 0 Å². The van der Waals surface area contributed by atoms with Crippen molar-refractivity contribution in [2.45, 2.75) is 46.6 Å². The minimum Gasteiger partial charge on any atom is -0.469 e. The normalized spacial score (nSPS) is 12.8. The van der Waals surface area contributed by atoms with Crippen molar-refractivity contribution in [2.24, 2.45) is 5.92 Å². The SMILES string of the molecule is CCCNC(c1cccc(CC(C)C)c1)c1coc(C)c1. The summed E-state index contributed by atoms with van der Waals surface area (Å²) < 4.78 is 5.50. The van der Waals surface area contributed by atoms with Gasteiger partial charge in [0, 0.05) is 5.56 Å². The van der Waals surface area contributed by atoms with Crippen molar-refractivity contribution < 1.29 is 4.42 Å². The smallest absolute Gasteiger partial charge is 0.101 e. The van der Waals surface area contributed by atoms with Crippen molar-refractivity contribution in [3.8, 4) is 0 Å². The second kappa shape index (κ2) is 7.46. The van der Waals surface area contributed by atoms with E-state index in [1.807, 2.05) is 13.2 Å². The van der Waals surface area contributed by atoms with Crippen molar-refractivity contribution in [2.75, 3.05) is 6.54 Å². The molecule has 0 saturated carbocycles. The van der Waals surface area contributed by atoms with Gasteiger partial charge in [0.25, 0.3) is 0 Å². The van der Waals surface area contributed by atoms with Crippen LogP contribution in [0.2, 0.25) is 0 Å². The van der Waals surface area contributed by atoms with Crippen LogP contribution in [0.3, 0.4) is 0 Å². The molecule has 1 N–H and O–H groups in total. The van der Waals surface area contributed by atoms with Gasteiger partial charge in [-0.2, -0.15) is 0 Å². The molecule has 2 nitrogen and oxygen atoms in total. The topological polar surface area (TPSA) is 25.2 Å². The van der Waals surface area contributed by atoms with Gasteiger partial charge < -0.3 is 9.73 Å². The number of rotatable bonds is 7. The fraction of sp³-hybridized carbons (Fsp3) is 0.474. The molecule has 21 heavy (non-hydrogen) atoms. The number of hydrogen-bond acceptors (Lipinski definition) is 2. The molecule has 0 aliphatic carbocycles. The minimum absolute atomic E-state index is 0.217. The molecular formula is C19H27NO. The van der Waals surface area contributed by atoms with Crippen LogP contribution in [0.1, 0.15) is 55.7 Å². The third-order valence-corrected chi connectivity index (χ3v) is 3.61. The Kier molecular flexibility index (Phi) is 5.63. The Hall–Kier alpha value is -1.54. The zero-order chi connectivity index (χ0) is 15.2. The lowest BCUT2D eigenvalue weighted by atomic mass is 9.95. The van der Waals surface area contributed by atoms with E-state index in [4.69, 9.17) is 4.42 Å². The molecule has 2 heteroatoms. The average molecular weight is 285 g/mol. The Morgan fingerprint density at radius 3 is 2.57 bits per heavy atom. The predicted molar refractivity (Wildman–Crippen MR) is 88.6 cm³/mol. The molecule has 2 aromatic rings. The summed E-state index contributed by atoms with van der Waals surface area (Å²) in [5.41, 5.74) is 3.94. The first-order valence-electron chi connectivity index (χ1n) is 7.97. The molecule has 2 rings (SSSR count). The first-order chi connectivity index (χ1) is 10.1. The van der Waals surface area contributed by atoms with Crippen LogP contribution in [0, 0.1) is 12.8 Å². The zero-order valence-corrected chi connectivity index (χ0v) is 13.6. The standard InChI is InChI=1S/C19H27NO/c1-5-9-20-19(18-11-15(4)21-13-18)17-8-6-7-16(12-17)10-14(2)3/h6-8,11-14,19-20H,5,9-10H2,1-4H3. The molecule has 0 radical (unpaired) electrons. The molecule has 0 fully saturated rings. The van der Waals surface area contributed by atoms with Gasteiger partial charge in [-0.25, -0.2) is 0 Å². The predicted octanol–water partition coefficient (Wildman–Crippen LogP) is 4.88. The summed E-state index contributed by atoms with van der Waals surface area (Å²) in [6.45, 7) is 9.72. The summed E-state index contributed by atoms with van der Waals surface area (Å²) >= 11 is 0. The average Bonchev–Trinajstić information content (AvgIpc) is 2.85. The number of furan rings is 1. The first kappa shape index (κ1) is 15.8. The van der Waals surface area contributed by atoms with Gasteiger partial charge >= 0.3 is 0 Å². The zero-order valence-electron chi connectivity index (χ0n) is 13.6. The third-order valence-electron chi connectivity index (χ3n) is 3.61. The van der Waals surface area contributed by atoms with E-state index in [0.29, 0.717) is 5.92 Å². The molecule has 0 bridgehead atoms. The molecule has 114 valence electrons. The van der Waals surface area contributed by atoms with Crippen molar-refractivity contribution in [1.82, 2.24) is 5.32 Å². The van der Waals surface area contributed by atoms with Gasteiger partial charge in [-0.15, -0.1) is 0 Å². The number of benzene rings is 1. The fourth-order valence-electron chi connectivity index (χ4n) is 2.70. The van der Waals surface area contributed by atoms with Crippen molar-refractivity contribution in [3.63, 3.8) is 0 Å². The second-order valence-corrected chi connectivity index (χ2v) is 6.22. The van der Waals surface area contributed by atoms with E-state index >= 15 is 0 Å². The lowest BCUT2D eigenvalue weighted by Crippen LogP contribution is -2.23. The molecule has 1 aromatic carbocycles. The number of hydrogen-bond donors (Lipinski definition) is 1. The second-order valence-electron chi connectivity index (χ2n) is 6.22. The van der Waals surface area contributed by atoms with Crippen molar-refractivity contribution in [1.29, 1.82) is 0 Å². The largest absolute Gasteiger partial charge is 0.469 e. The van der Waals surface area contributed by atoms with Gasteiger partial charge in [-0.3, -0.25) is 0 Å². The van der Waals surface area contributed by atoms with Crippen LogP contribution < -0.4 is 5.32 Å². The quantitative estimate of drug-likeness (QED) is 0.784. The maximum Gasteiger partial charge on any atom is 0.101 e. The van der Waals surface area contributed by atoms with Gasteiger partial charge in [-0.05, 0) is 49.4 Å². The van der Waals surface area contributed by atoms with Crippen molar-refractivity contribution in [3.05, 3.63) is 59.0 Å². The number of nitrogens with one attached hydrogen (secondary N) is 1. The highest BCUT2D eigenvalue weighted by Crippen LogP contribution is 2.25. The highest BCUT2D eigenvalue weighted by atomic mass is 16.3. The van der Waals surface area contributed by atoms with E-state index < -0.39 is 0 Å². The monoisotopic (exact) mass is 285 g/mol. The summed E-state index contributed by atoms with van der Waals surface area (Å²) in [4.78, 5) is 0. The Bertz CT molecular complexity index is 556. The summed E-state index contributed by atoms with van der Waals surface area (Å²) in [7, 11) is 0. The summed E-state index contributed by atoms with van der Waals surface area (Å²) in [5.74, 6) is 1.64. The highest BCUT2D eigenvalue weighted by molar-refractivity contribution is 5.33. The van der Waals surface area contributed by atoms with E-state index in [1.54, 1.807) is 0 Å². The Morgan fingerprint density at radius 2 is 1.95 bits per heavy atom. The van der Waals surface area contributed by atoms with Gasteiger partial charge in [0.2, 0.25) is 0 Å². The molecule has 0 spiro atoms.